The van der Waals surface area contributed by atoms with Gasteiger partial charge in [0, 0.05) is 23.9 Å². The minimum Gasteiger partial charge on any atom is -0.309 e. The highest BCUT2D eigenvalue weighted by Crippen LogP contribution is 2.41. The normalized spacial score (nSPS) is 24.6. The van der Waals surface area contributed by atoms with E-state index in [-0.39, 0.29) is 0 Å². The number of fused-ring (bicyclic) bond motifs is 1. The summed E-state index contributed by atoms with van der Waals surface area (Å²) in [4.78, 5) is 9.44. The van der Waals surface area contributed by atoms with Crippen molar-refractivity contribution in [3.63, 3.8) is 0 Å². The van der Waals surface area contributed by atoms with Gasteiger partial charge >= 0.3 is 0 Å². The van der Waals surface area contributed by atoms with E-state index in [1.807, 2.05) is 12.3 Å². The molecule has 18 heavy (non-hydrogen) atoms. The molecular formula is C14H17N3S. The van der Waals surface area contributed by atoms with Crippen molar-refractivity contribution in [2.24, 2.45) is 0 Å². The van der Waals surface area contributed by atoms with Gasteiger partial charge in [0.05, 0.1) is 0 Å². The van der Waals surface area contributed by atoms with E-state index >= 15 is 0 Å². The van der Waals surface area contributed by atoms with Crippen LogP contribution >= 0.6 is 11.8 Å². The second-order valence-corrected chi connectivity index (χ2v) is 6.48. The topological polar surface area (TPSA) is 30.7 Å². The maximum Gasteiger partial charge on any atom is 0.160 e. The fourth-order valence-electron chi connectivity index (χ4n) is 2.87. The third-order valence-electron chi connectivity index (χ3n) is 3.91. The highest BCUT2D eigenvalue weighted by Gasteiger charge is 2.32. The van der Waals surface area contributed by atoms with E-state index in [1.54, 1.807) is 0 Å². The molecule has 94 valence electrons. The van der Waals surface area contributed by atoms with E-state index in [9.17, 15) is 0 Å². The third-order valence-corrected chi connectivity index (χ3v) is 5.13. The molecule has 0 radical (unpaired) electrons. The first-order chi connectivity index (χ1) is 8.93. The summed E-state index contributed by atoms with van der Waals surface area (Å²) in [5.41, 5.74) is 2.18. The molecule has 2 aromatic heterocycles. The lowest BCUT2D eigenvalue weighted by Gasteiger charge is -2.21. The van der Waals surface area contributed by atoms with Crippen molar-refractivity contribution in [2.45, 2.75) is 37.6 Å². The second-order valence-electron chi connectivity index (χ2n) is 5.33. The van der Waals surface area contributed by atoms with E-state index in [0.717, 1.165) is 11.2 Å². The van der Waals surface area contributed by atoms with Gasteiger partial charge in [-0.15, -0.1) is 0 Å². The van der Waals surface area contributed by atoms with Crippen LogP contribution in [0.25, 0.3) is 11.2 Å². The smallest absolute Gasteiger partial charge is 0.160 e. The van der Waals surface area contributed by atoms with E-state index in [0.29, 0.717) is 12.0 Å². The zero-order valence-electron chi connectivity index (χ0n) is 10.4. The Balaban J connectivity index is 1.84. The lowest BCUT2D eigenvalue weighted by Crippen LogP contribution is -2.14. The summed E-state index contributed by atoms with van der Waals surface area (Å²) < 4.78 is 2.44. The van der Waals surface area contributed by atoms with Crippen molar-refractivity contribution in [3.05, 3.63) is 24.2 Å². The first kappa shape index (κ1) is 10.9. The van der Waals surface area contributed by atoms with Crippen molar-refractivity contribution >= 4 is 22.9 Å². The number of pyridine rings is 1. The van der Waals surface area contributed by atoms with Crippen molar-refractivity contribution in [3.8, 4) is 0 Å². The van der Waals surface area contributed by atoms with Gasteiger partial charge in [0.15, 0.2) is 5.65 Å². The molecule has 1 aliphatic carbocycles. The van der Waals surface area contributed by atoms with Crippen LogP contribution < -0.4 is 0 Å². The Morgan fingerprint density at radius 2 is 2.22 bits per heavy atom. The van der Waals surface area contributed by atoms with Crippen LogP contribution in [0.15, 0.2) is 18.3 Å². The van der Waals surface area contributed by atoms with Crippen LogP contribution in [-0.2, 0) is 0 Å². The summed E-state index contributed by atoms with van der Waals surface area (Å²) >= 11 is 2.07. The molecule has 1 atom stereocenters. The summed E-state index contributed by atoms with van der Waals surface area (Å²) in [6.45, 7) is 0. The zero-order chi connectivity index (χ0) is 11.9. The van der Waals surface area contributed by atoms with Gasteiger partial charge in [0.25, 0.3) is 0 Å². The molecule has 0 spiro atoms. The quantitative estimate of drug-likeness (QED) is 0.828. The van der Waals surface area contributed by atoms with Gasteiger partial charge < -0.3 is 4.57 Å². The Labute approximate surface area is 111 Å². The standard InChI is InChI=1S/C14H17N3S/c1-4-12-14(15-7-1)17(11-5-6-11)13(16-12)10-3-2-8-18-9-10/h1,4,7,10-11H,2-3,5-6,8-9H2. The van der Waals surface area contributed by atoms with Crippen molar-refractivity contribution in [2.75, 3.05) is 11.5 Å². The Morgan fingerprint density at radius 3 is 3.00 bits per heavy atom. The number of rotatable bonds is 2. The number of hydrogen-bond acceptors (Lipinski definition) is 3. The van der Waals surface area contributed by atoms with Gasteiger partial charge in [-0.1, -0.05) is 0 Å². The molecule has 0 amide bonds. The van der Waals surface area contributed by atoms with E-state index < -0.39 is 0 Å². The molecule has 1 saturated heterocycles. The minimum absolute atomic E-state index is 0.638. The molecule has 1 unspecified atom stereocenters. The van der Waals surface area contributed by atoms with Gasteiger partial charge in [0.2, 0.25) is 0 Å². The predicted molar refractivity (Wildman–Crippen MR) is 75.1 cm³/mol. The number of thioether (sulfide) groups is 1. The molecule has 2 aliphatic rings. The molecule has 1 saturated carbocycles. The summed E-state index contributed by atoms with van der Waals surface area (Å²) in [7, 11) is 0. The van der Waals surface area contributed by atoms with Crippen molar-refractivity contribution < 1.29 is 0 Å². The van der Waals surface area contributed by atoms with Crippen LogP contribution in [0.5, 0.6) is 0 Å². The SMILES string of the molecule is c1cnc2c(c1)nc(C1CCCSC1)n2C1CC1. The molecule has 0 N–H and O–H groups in total. The van der Waals surface area contributed by atoms with Crippen LogP contribution in [0.3, 0.4) is 0 Å². The van der Waals surface area contributed by atoms with E-state index in [2.05, 4.69) is 27.4 Å². The van der Waals surface area contributed by atoms with E-state index in [4.69, 9.17) is 4.98 Å². The average molecular weight is 259 g/mol. The molecule has 3 nitrogen and oxygen atoms in total. The molecule has 0 bridgehead atoms. The van der Waals surface area contributed by atoms with Crippen molar-refractivity contribution in [1.29, 1.82) is 0 Å². The average Bonchev–Trinajstić information content (AvgIpc) is 3.19. The third kappa shape index (κ3) is 1.74. The van der Waals surface area contributed by atoms with Crippen LogP contribution in [0.2, 0.25) is 0 Å². The first-order valence-corrected chi connectivity index (χ1v) is 7.99. The number of nitrogens with zero attached hydrogens (tertiary/aromatic N) is 3. The predicted octanol–water partition coefficient (Wildman–Crippen LogP) is 3.38. The molecule has 0 aromatic carbocycles. The first-order valence-electron chi connectivity index (χ1n) is 6.84. The maximum atomic E-state index is 4.88. The number of hydrogen-bond donors (Lipinski definition) is 0. The van der Waals surface area contributed by atoms with Crippen LogP contribution in [0.1, 0.15) is 43.5 Å². The van der Waals surface area contributed by atoms with Crippen LogP contribution in [-0.4, -0.2) is 26.0 Å². The largest absolute Gasteiger partial charge is 0.309 e. The summed E-state index contributed by atoms with van der Waals surface area (Å²) in [5, 5.41) is 0. The number of aromatic nitrogens is 3. The zero-order valence-corrected chi connectivity index (χ0v) is 11.2. The van der Waals surface area contributed by atoms with Crippen LogP contribution in [0, 0.1) is 0 Å². The Kier molecular flexibility index (Phi) is 2.57. The molecule has 4 rings (SSSR count). The Bertz CT molecular complexity index is 567. The second kappa shape index (κ2) is 4.26. The van der Waals surface area contributed by atoms with Gasteiger partial charge in [-0.3, -0.25) is 0 Å². The Morgan fingerprint density at radius 1 is 1.28 bits per heavy atom. The van der Waals surface area contributed by atoms with Crippen LogP contribution in [0.4, 0.5) is 0 Å². The fraction of sp³-hybridized carbons (Fsp3) is 0.571. The molecule has 1 aliphatic heterocycles. The fourth-order valence-corrected chi connectivity index (χ4v) is 4.01. The molecule has 2 aromatic rings. The lowest BCUT2D eigenvalue weighted by atomic mass is 10.0. The monoisotopic (exact) mass is 259 g/mol. The molecule has 3 heterocycles. The number of imidazole rings is 1. The molecule has 4 heteroatoms. The molecular weight excluding hydrogens is 242 g/mol. The lowest BCUT2D eigenvalue weighted by molar-refractivity contribution is 0.577. The Hall–Kier alpha value is -1.03. The summed E-state index contributed by atoms with van der Waals surface area (Å²) in [5.74, 6) is 4.49. The van der Waals surface area contributed by atoms with Gasteiger partial charge in [-0.05, 0) is 43.6 Å². The molecule has 2 fully saturated rings. The van der Waals surface area contributed by atoms with Crippen molar-refractivity contribution in [1.82, 2.24) is 14.5 Å². The summed E-state index contributed by atoms with van der Waals surface area (Å²) in [6, 6.07) is 4.76. The van der Waals surface area contributed by atoms with E-state index in [1.165, 1.54) is 43.0 Å². The maximum absolute atomic E-state index is 4.88. The minimum atomic E-state index is 0.638. The highest BCUT2D eigenvalue weighted by atomic mass is 32.2. The van der Waals surface area contributed by atoms with Gasteiger partial charge in [0.1, 0.15) is 11.3 Å². The van der Waals surface area contributed by atoms with Gasteiger partial charge in [-0.25, -0.2) is 9.97 Å². The van der Waals surface area contributed by atoms with Gasteiger partial charge in [-0.2, -0.15) is 11.8 Å². The summed E-state index contributed by atoms with van der Waals surface area (Å²) in [6.07, 6.45) is 7.12. The highest BCUT2D eigenvalue weighted by molar-refractivity contribution is 7.99.